The largest absolute Gasteiger partial charge is 0.492 e. The van der Waals surface area contributed by atoms with Crippen LogP contribution in [0.1, 0.15) is 29.6 Å². The van der Waals surface area contributed by atoms with Crippen LogP contribution < -0.4 is 10.5 Å². The number of benzene rings is 1. The first-order chi connectivity index (χ1) is 8.17. The number of carbonyl (C=O) groups excluding carboxylic acids is 1. The van der Waals surface area contributed by atoms with Gasteiger partial charge in [-0.25, -0.2) is 0 Å². The quantitative estimate of drug-likeness (QED) is 0.838. The Bertz CT molecular complexity index is 473. The Morgan fingerprint density at radius 1 is 1.47 bits per heavy atom. The van der Waals surface area contributed by atoms with E-state index in [4.69, 9.17) is 15.7 Å². The molecular weight excluding hydrogens is 216 g/mol. The van der Waals surface area contributed by atoms with Gasteiger partial charge in [-0.2, -0.15) is 5.26 Å². The van der Waals surface area contributed by atoms with Crippen LogP contribution in [0.3, 0.4) is 0 Å². The Kier molecular flexibility index (Phi) is 3.01. The number of hydrogen-bond acceptors (Lipinski definition) is 3. The number of carbonyl (C=O) groups is 1. The van der Waals surface area contributed by atoms with E-state index in [1.165, 1.54) is 0 Å². The molecule has 4 nitrogen and oxygen atoms in total. The summed E-state index contributed by atoms with van der Waals surface area (Å²) in [4.78, 5) is 11.2. The lowest BCUT2D eigenvalue weighted by atomic mass is 10.1. The number of nitrogens with zero attached hydrogens (tertiary/aromatic N) is 1. The summed E-state index contributed by atoms with van der Waals surface area (Å²) in [6.45, 7) is 0.477. The zero-order chi connectivity index (χ0) is 12.3. The molecule has 0 atom stereocenters. The summed E-state index contributed by atoms with van der Waals surface area (Å²) < 4.78 is 5.63. The lowest BCUT2D eigenvalue weighted by molar-refractivity contribution is 0.0995. The summed E-state index contributed by atoms with van der Waals surface area (Å²) in [5, 5.41) is 8.70. The summed E-state index contributed by atoms with van der Waals surface area (Å²) in [5.74, 6) is 0.00921. The molecular formula is C13H14N2O2. The SMILES string of the molecule is N#CCC1(COc2ccccc2C(N)=O)CC1. The Morgan fingerprint density at radius 2 is 2.18 bits per heavy atom. The van der Waals surface area contributed by atoms with Crippen molar-refractivity contribution in [1.29, 1.82) is 5.26 Å². The van der Waals surface area contributed by atoms with Crippen molar-refractivity contribution in [2.24, 2.45) is 11.1 Å². The second kappa shape index (κ2) is 4.46. The van der Waals surface area contributed by atoms with Gasteiger partial charge in [0.15, 0.2) is 0 Å². The zero-order valence-corrected chi connectivity index (χ0v) is 9.48. The highest BCUT2D eigenvalue weighted by molar-refractivity contribution is 5.95. The third-order valence-corrected chi connectivity index (χ3v) is 3.10. The summed E-state index contributed by atoms with van der Waals surface area (Å²) in [5.41, 5.74) is 5.65. The second-order valence-electron chi connectivity index (χ2n) is 4.48. The molecule has 1 aromatic rings. The molecule has 0 spiro atoms. The summed E-state index contributed by atoms with van der Waals surface area (Å²) >= 11 is 0. The number of ether oxygens (including phenoxy) is 1. The van der Waals surface area contributed by atoms with Crippen molar-refractivity contribution in [3.8, 4) is 11.8 Å². The number of nitriles is 1. The van der Waals surface area contributed by atoms with Gasteiger partial charge in [0.2, 0.25) is 0 Å². The molecule has 1 amide bonds. The number of hydrogen-bond donors (Lipinski definition) is 1. The maximum absolute atomic E-state index is 11.2. The van der Waals surface area contributed by atoms with Crippen molar-refractivity contribution in [1.82, 2.24) is 0 Å². The van der Waals surface area contributed by atoms with Crippen molar-refractivity contribution in [3.05, 3.63) is 29.8 Å². The first-order valence-electron chi connectivity index (χ1n) is 5.55. The predicted octanol–water partition coefficient (Wildman–Crippen LogP) is 1.86. The standard InChI is InChI=1S/C13H14N2O2/c14-8-7-13(5-6-13)9-17-11-4-2-1-3-10(11)12(15)16/h1-4H,5-7,9H2,(H2,15,16). The monoisotopic (exact) mass is 230 g/mol. The van der Waals surface area contributed by atoms with Crippen molar-refractivity contribution in [3.63, 3.8) is 0 Å². The molecule has 2 rings (SSSR count). The van der Waals surface area contributed by atoms with E-state index in [2.05, 4.69) is 6.07 Å². The van der Waals surface area contributed by atoms with Crippen LogP contribution in [-0.4, -0.2) is 12.5 Å². The van der Waals surface area contributed by atoms with Gasteiger partial charge >= 0.3 is 0 Å². The van der Waals surface area contributed by atoms with Crippen LogP contribution in [0.4, 0.5) is 0 Å². The Labute approximate surface area is 100.0 Å². The average Bonchev–Trinajstić information content (AvgIpc) is 3.08. The molecule has 1 saturated carbocycles. The molecule has 0 radical (unpaired) electrons. The average molecular weight is 230 g/mol. The van der Waals surface area contributed by atoms with Gasteiger partial charge in [0.1, 0.15) is 5.75 Å². The highest BCUT2D eigenvalue weighted by atomic mass is 16.5. The number of para-hydroxylation sites is 1. The Morgan fingerprint density at radius 3 is 2.76 bits per heavy atom. The van der Waals surface area contributed by atoms with E-state index in [-0.39, 0.29) is 5.41 Å². The maximum atomic E-state index is 11.2. The van der Waals surface area contributed by atoms with Crippen LogP contribution in [0.2, 0.25) is 0 Å². The minimum absolute atomic E-state index is 0.000488. The summed E-state index contributed by atoms with van der Waals surface area (Å²) in [7, 11) is 0. The van der Waals surface area contributed by atoms with E-state index in [0.717, 1.165) is 12.8 Å². The van der Waals surface area contributed by atoms with Gasteiger partial charge in [-0.3, -0.25) is 4.79 Å². The van der Waals surface area contributed by atoms with E-state index in [9.17, 15) is 4.79 Å². The molecule has 0 aromatic heterocycles. The fraction of sp³-hybridized carbons (Fsp3) is 0.385. The van der Waals surface area contributed by atoms with Gasteiger partial charge in [0.25, 0.3) is 5.91 Å². The Balaban J connectivity index is 2.05. The normalized spacial score (nSPS) is 15.9. The summed E-state index contributed by atoms with van der Waals surface area (Å²) in [6.07, 6.45) is 2.53. The topological polar surface area (TPSA) is 76.1 Å². The molecule has 0 heterocycles. The molecule has 0 unspecified atom stereocenters. The van der Waals surface area contributed by atoms with Crippen LogP contribution >= 0.6 is 0 Å². The fourth-order valence-corrected chi connectivity index (χ4v) is 1.74. The first kappa shape index (κ1) is 11.5. The number of nitrogens with two attached hydrogens (primary N) is 1. The molecule has 1 aromatic carbocycles. The number of rotatable bonds is 5. The lowest BCUT2D eigenvalue weighted by Crippen LogP contribution is -2.16. The van der Waals surface area contributed by atoms with Crippen LogP contribution in [0.25, 0.3) is 0 Å². The third-order valence-electron chi connectivity index (χ3n) is 3.10. The molecule has 88 valence electrons. The number of amides is 1. The van der Waals surface area contributed by atoms with Gasteiger partial charge in [-0.15, -0.1) is 0 Å². The molecule has 0 bridgehead atoms. The maximum Gasteiger partial charge on any atom is 0.252 e. The lowest BCUT2D eigenvalue weighted by Gasteiger charge is -2.14. The molecule has 0 aliphatic heterocycles. The van der Waals surface area contributed by atoms with Crippen LogP contribution in [0, 0.1) is 16.7 Å². The van der Waals surface area contributed by atoms with Gasteiger partial charge in [0, 0.05) is 11.8 Å². The first-order valence-corrected chi connectivity index (χ1v) is 5.55. The minimum Gasteiger partial charge on any atom is -0.492 e. The van der Waals surface area contributed by atoms with Crippen LogP contribution in [0.5, 0.6) is 5.75 Å². The molecule has 1 fully saturated rings. The van der Waals surface area contributed by atoms with Gasteiger partial charge in [-0.05, 0) is 25.0 Å². The van der Waals surface area contributed by atoms with Crippen LogP contribution in [0.15, 0.2) is 24.3 Å². The minimum atomic E-state index is -0.495. The van der Waals surface area contributed by atoms with E-state index >= 15 is 0 Å². The van der Waals surface area contributed by atoms with Crippen molar-refractivity contribution in [2.45, 2.75) is 19.3 Å². The summed E-state index contributed by atoms with van der Waals surface area (Å²) in [6, 6.07) is 9.08. The van der Waals surface area contributed by atoms with Crippen molar-refractivity contribution < 1.29 is 9.53 Å². The smallest absolute Gasteiger partial charge is 0.252 e. The van der Waals surface area contributed by atoms with E-state index in [0.29, 0.717) is 24.3 Å². The fourth-order valence-electron chi connectivity index (χ4n) is 1.74. The van der Waals surface area contributed by atoms with E-state index in [1.54, 1.807) is 24.3 Å². The molecule has 1 aliphatic rings. The van der Waals surface area contributed by atoms with Gasteiger partial charge in [-0.1, -0.05) is 12.1 Å². The number of primary amides is 1. The zero-order valence-electron chi connectivity index (χ0n) is 9.48. The third kappa shape index (κ3) is 2.56. The van der Waals surface area contributed by atoms with Gasteiger partial charge in [0.05, 0.1) is 18.2 Å². The molecule has 4 heteroatoms. The highest BCUT2D eigenvalue weighted by Gasteiger charge is 2.43. The molecule has 1 aliphatic carbocycles. The highest BCUT2D eigenvalue weighted by Crippen LogP contribution is 2.48. The Hall–Kier alpha value is -2.02. The van der Waals surface area contributed by atoms with Crippen LogP contribution in [-0.2, 0) is 0 Å². The molecule has 0 saturated heterocycles. The van der Waals surface area contributed by atoms with Crippen molar-refractivity contribution >= 4 is 5.91 Å². The predicted molar refractivity (Wildman–Crippen MR) is 62.4 cm³/mol. The molecule has 17 heavy (non-hydrogen) atoms. The van der Waals surface area contributed by atoms with E-state index in [1.807, 2.05) is 0 Å². The molecule has 2 N–H and O–H groups in total. The van der Waals surface area contributed by atoms with Crippen molar-refractivity contribution in [2.75, 3.05) is 6.61 Å². The second-order valence-corrected chi connectivity index (χ2v) is 4.48. The van der Waals surface area contributed by atoms with E-state index < -0.39 is 5.91 Å². The van der Waals surface area contributed by atoms with Gasteiger partial charge < -0.3 is 10.5 Å².